The van der Waals surface area contributed by atoms with Crippen molar-refractivity contribution >= 4 is 35.4 Å². The Hall–Kier alpha value is -1.92. The van der Waals surface area contributed by atoms with Gasteiger partial charge in [-0.25, -0.2) is 0 Å². The molecular formula is C21H16Cl2F6. The van der Waals surface area contributed by atoms with Crippen LogP contribution in [0, 0.1) is 0 Å². The van der Waals surface area contributed by atoms with Gasteiger partial charge in [0.25, 0.3) is 0 Å². The van der Waals surface area contributed by atoms with Crippen molar-refractivity contribution in [2.24, 2.45) is 0 Å². The van der Waals surface area contributed by atoms with Gasteiger partial charge in [-0.3, -0.25) is 0 Å². The minimum absolute atomic E-state index is 0.0378. The molecule has 2 rings (SSSR count). The third-order valence-electron chi connectivity index (χ3n) is 4.40. The predicted molar refractivity (Wildman–Crippen MR) is 105 cm³/mol. The zero-order valence-electron chi connectivity index (χ0n) is 15.3. The van der Waals surface area contributed by atoms with Crippen molar-refractivity contribution in [2.45, 2.75) is 31.6 Å². The second-order valence-electron chi connectivity index (χ2n) is 6.22. The van der Waals surface area contributed by atoms with E-state index in [4.69, 9.17) is 23.2 Å². The van der Waals surface area contributed by atoms with E-state index in [1.54, 1.807) is 13.8 Å². The van der Waals surface area contributed by atoms with Crippen molar-refractivity contribution in [3.8, 4) is 0 Å². The van der Waals surface area contributed by atoms with Crippen LogP contribution in [0.3, 0.4) is 0 Å². The van der Waals surface area contributed by atoms with Crippen molar-refractivity contribution in [2.75, 3.05) is 0 Å². The summed E-state index contributed by atoms with van der Waals surface area (Å²) in [6, 6.07) is 5.18. The van der Waals surface area contributed by atoms with Crippen molar-refractivity contribution in [3.63, 3.8) is 0 Å². The van der Waals surface area contributed by atoms with Gasteiger partial charge < -0.3 is 0 Å². The molecule has 0 aliphatic carbocycles. The van der Waals surface area contributed by atoms with Crippen molar-refractivity contribution in [3.05, 3.63) is 80.8 Å². The lowest BCUT2D eigenvalue weighted by Gasteiger charge is -2.38. The highest BCUT2D eigenvalue weighted by atomic mass is 35.5. The molecule has 0 atom stereocenters. The van der Waals surface area contributed by atoms with Crippen LogP contribution in [0.4, 0.5) is 26.3 Å². The molecule has 29 heavy (non-hydrogen) atoms. The number of allylic oxidation sites excluding steroid dienone is 2. The van der Waals surface area contributed by atoms with Crippen LogP contribution in [-0.4, -0.2) is 12.4 Å². The van der Waals surface area contributed by atoms with Crippen molar-refractivity contribution < 1.29 is 26.3 Å². The summed E-state index contributed by atoms with van der Waals surface area (Å²) in [5.41, 5.74) is -6.13. The molecule has 0 spiro atoms. The Bertz CT molecular complexity index is 862. The van der Waals surface area contributed by atoms with E-state index in [1.165, 1.54) is 24.3 Å². The van der Waals surface area contributed by atoms with Gasteiger partial charge in [0, 0.05) is 10.0 Å². The van der Waals surface area contributed by atoms with E-state index < -0.39 is 28.9 Å². The van der Waals surface area contributed by atoms with E-state index in [0.29, 0.717) is 0 Å². The Morgan fingerprint density at radius 2 is 1.00 bits per heavy atom. The smallest absolute Gasteiger partial charge is 0.169 e. The average Bonchev–Trinajstić information content (AvgIpc) is 2.59. The van der Waals surface area contributed by atoms with Crippen LogP contribution in [-0.2, 0) is 5.41 Å². The highest BCUT2D eigenvalue weighted by Crippen LogP contribution is 2.56. The van der Waals surface area contributed by atoms with Gasteiger partial charge in [0.2, 0.25) is 5.41 Å². The molecule has 2 aromatic rings. The molecule has 0 saturated heterocycles. The van der Waals surface area contributed by atoms with E-state index in [9.17, 15) is 26.3 Å². The van der Waals surface area contributed by atoms with Crippen molar-refractivity contribution in [1.82, 2.24) is 0 Å². The van der Waals surface area contributed by atoms with Crippen LogP contribution < -0.4 is 0 Å². The Balaban J connectivity index is 3.00. The van der Waals surface area contributed by atoms with Gasteiger partial charge in [-0.05, 0) is 60.4 Å². The lowest BCUT2D eigenvalue weighted by atomic mass is 9.72. The molecule has 0 aliphatic rings. The highest BCUT2D eigenvalue weighted by Gasteiger charge is 2.72. The Labute approximate surface area is 174 Å². The first-order valence-corrected chi connectivity index (χ1v) is 9.14. The first-order chi connectivity index (χ1) is 13.4. The Kier molecular flexibility index (Phi) is 6.80. The number of alkyl halides is 6. The summed E-state index contributed by atoms with van der Waals surface area (Å²) < 4.78 is 85.5. The summed E-state index contributed by atoms with van der Waals surface area (Å²) in [7, 11) is 0. The third kappa shape index (κ3) is 4.19. The van der Waals surface area contributed by atoms with Gasteiger partial charge >= 0.3 is 12.4 Å². The summed E-state index contributed by atoms with van der Waals surface area (Å²) in [5.74, 6) is 0. The summed E-state index contributed by atoms with van der Waals surface area (Å²) in [6.45, 7) is 3.15. The Morgan fingerprint density at radius 1 is 0.655 bits per heavy atom. The SMILES string of the molecule is C/C=C\c1cc(C(c2ccc(Cl)c(/C=C\C)c2)(C(F)(F)F)C(F)(F)F)ccc1Cl. The van der Waals surface area contributed by atoms with Gasteiger partial charge in [-0.1, -0.05) is 59.6 Å². The number of hydrogen-bond donors (Lipinski definition) is 0. The molecule has 0 saturated carbocycles. The van der Waals surface area contributed by atoms with Gasteiger partial charge in [0.05, 0.1) is 0 Å². The number of rotatable bonds is 4. The largest absolute Gasteiger partial charge is 0.411 e. The first kappa shape index (κ1) is 23.4. The molecule has 0 aliphatic heterocycles. The minimum Gasteiger partial charge on any atom is -0.169 e. The normalized spacial score (nSPS) is 13.6. The molecule has 0 bridgehead atoms. The summed E-state index contributed by atoms with van der Waals surface area (Å²) in [4.78, 5) is 0. The van der Waals surface area contributed by atoms with E-state index in [1.807, 2.05) is 0 Å². The first-order valence-electron chi connectivity index (χ1n) is 8.39. The molecule has 0 nitrogen and oxygen atoms in total. The van der Waals surface area contributed by atoms with E-state index >= 15 is 0 Å². The van der Waals surface area contributed by atoms with Crippen LogP contribution >= 0.6 is 23.2 Å². The van der Waals surface area contributed by atoms with Crippen LogP contribution in [0.2, 0.25) is 10.0 Å². The second kappa shape index (κ2) is 8.44. The maximum absolute atomic E-state index is 14.3. The quantitative estimate of drug-likeness (QED) is 0.408. The van der Waals surface area contributed by atoms with E-state index in [0.717, 1.165) is 36.4 Å². The zero-order valence-corrected chi connectivity index (χ0v) is 16.8. The van der Waals surface area contributed by atoms with Gasteiger partial charge in [0.15, 0.2) is 0 Å². The third-order valence-corrected chi connectivity index (χ3v) is 5.09. The van der Waals surface area contributed by atoms with E-state index in [-0.39, 0.29) is 21.2 Å². The molecule has 0 unspecified atom stereocenters. The van der Waals surface area contributed by atoms with Gasteiger partial charge in [-0.15, -0.1) is 0 Å². The lowest BCUT2D eigenvalue weighted by molar-refractivity contribution is -0.288. The standard InChI is InChI=1S/C21H16Cl2F6/c1-3-5-13-11-15(7-9-17(13)22)19(20(24,25)26,21(27,28)29)16-8-10-18(23)14(12-16)6-4-2/h3-12H,1-2H3/b5-3-,6-4-. The maximum Gasteiger partial charge on any atom is 0.411 e. The number of benzene rings is 2. The molecular weight excluding hydrogens is 437 g/mol. The van der Waals surface area contributed by atoms with Gasteiger partial charge in [-0.2, -0.15) is 26.3 Å². The molecule has 0 fully saturated rings. The lowest BCUT2D eigenvalue weighted by Crippen LogP contribution is -2.54. The molecule has 8 heteroatoms. The predicted octanol–water partition coefficient (Wildman–Crippen LogP) is 8.47. The van der Waals surface area contributed by atoms with Crippen LogP contribution in [0.15, 0.2) is 48.6 Å². The van der Waals surface area contributed by atoms with Gasteiger partial charge in [0.1, 0.15) is 0 Å². The molecule has 0 N–H and O–H groups in total. The fourth-order valence-electron chi connectivity index (χ4n) is 3.15. The van der Waals surface area contributed by atoms with Crippen LogP contribution in [0.1, 0.15) is 36.1 Å². The Morgan fingerprint density at radius 3 is 1.28 bits per heavy atom. The van der Waals surface area contributed by atoms with Crippen LogP contribution in [0.25, 0.3) is 12.2 Å². The molecule has 0 aromatic heterocycles. The average molecular weight is 453 g/mol. The fourth-order valence-corrected chi connectivity index (χ4v) is 3.51. The molecule has 156 valence electrons. The molecule has 0 amide bonds. The maximum atomic E-state index is 14.3. The minimum atomic E-state index is -5.69. The summed E-state index contributed by atoms with van der Waals surface area (Å²) in [5, 5.41) is 0.0756. The summed E-state index contributed by atoms with van der Waals surface area (Å²) >= 11 is 11.9. The zero-order chi connectivity index (χ0) is 22.0. The second-order valence-corrected chi connectivity index (χ2v) is 7.03. The highest BCUT2D eigenvalue weighted by molar-refractivity contribution is 6.32. The van der Waals surface area contributed by atoms with E-state index in [2.05, 4.69) is 0 Å². The topological polar surface area (TPSA) is 0 Å². The fraction of sp³-hybridized carbons (Fsp3) is 0.238. The monoisotopic (exact) mass is 452 g/mol. The molecule has 0 radical (unpaired) electrons. The van der Waals surface area contributed by atoms with Crippen molar-refractivity contribution in [1.29, 1.82) is 0 Å². The van der Waals surface area contributed by atoms with Crippen LogP contribution in [0.5, 0.6) is 0 Å². The molecule has 0 heterocycles. The molecule has 2 aromatic carbocycles. The number of hydrogen-bond acceptors (Lipinski definition) is 0. The summed E-state index contributed by atoms with van der Waals surface area (Å²) in [6.07, 6.45) is -5.74. The number of halogens is 8.